The normalized spacial score (nSPS) is 14.2. The highest BCUT2D eigenvalue weighted by Crippen LogP contribution is 2.40. The Kier molecular flexibility index (Phi) is 11.0. The predicted molar refractivity (Wildman–Crippen MR) is 211 cm³/mol. The van der Waals surface area contributed by atoms with E-state index in [1.807, 2.05) is 36.8 Å². The second-order valence-electron chi connectivity index (χ2n) is 13.9. The molecule has 0 saturated carbocycles. The van der Waals surface area contributed by atoms with Gasteiger partial charge in [-0.05, 0) is 89.9 Å². The molecule has 0 aliphatic carbocycles. The summed E-state index contributed by atoms with van der Waals surface area (Å²) in [6, 6.07) is 9.61. The molecule has 19 heteroatoms. The number of imidazole rings is 2. The van der Waals surface area contributed by atoms with Gasteiger partial charge in [0, 0.05) is 30.8 Å². The van der Waals surface area contributed by atoms with Crippen LogP contribution in [0.15, 0.2) is 36.4 Å². The summed E-state index contributed by atoms with van der Waals surface area (Å²) in [7, 11) is 0. The van der Waals surface area contributed by atoms with Gasteiger partial charge in [-0.25, -0.2) is 9.97 Å². The number of anilines is 2. The highest BCUT2D eigenvalue weighted by Gasteiger charge is 2.30. The first kappa shape index (κ1) is 38.9. The van der Waals surface area contributed by atoms with Crippen LogP contribution in [-0.4, -0.2) is 81.2 Å². The topological polar surface area (TPSA) is 263 Å². The molecule has 3 amide bonds. The number of aliphatic hydroxyl groups is 1. The Balaban J connectivity index is 1.25. The van der Waals surface area contributed by atoms with Crippen LogP contribution in [0.5, 0.6) is 11.5 Å². The zero-order valence-corrected chi connectivity index (χ0v) is 32.3. The Labute approximate surface area is 327 Å². The van der Waals surface area contributed by atoms with E-state index in [-0.39, 0.29) is 36.7 Å². The molecule has 0 bridgehead atoms. The molecular weight excluding hydrogens is 735 g/mol. The van der Waals surface area contributed by atoms with E-state index < -0.39 is 18.0 Å². The van der Waals surface area contributed by atoms with Crippen molar-refractivity contribution < 1.29 is 29.0 Å². The van der Waals surface area contributed by atoms with Crippen molar-refractivity contribution >= 4 is 51.7 Å². The maximum Gasteiger partial charge on any atom is 0.276 e. The van der Waals surface area contributed by atoms with Crippen molar-refractivity contribution in [3.63, 3.8) is 0 Å². The van der Waals surface area contributed by atoms with Gasteiger partial charge in [-0.15, -0.1) is 0 Å². The summed E-state index contributed by atoms with van der Waals surface area (Å²) in [6.45, 7) is 9.68. The van der Waals surface area contributed by atoms with E-state index in [0.717, 1.165) is 0 Å². The van der Waals surface area contributed by atoms with E-state index in [9.17, 15) is 19.5 Å². The van der Waals surface area contributed by atoms with E-state index in [1.54, 1.807) is 45.8 Å². The molecule has 7 rings (SSSR count). The van der Waals surface area contributed by atoms with Gasteiger partial charge in [-0.2, -0.15) is 10.2 Å². The summed E-state index contributed by atoms with van der Waals surface area (Å²) in [4.78, 5) is 49.3. The van der Waals surface area contributed by atoms with Crippen LogP contribution in [0.2, 0.25) is 0 Å². The lowest BCUT2D eigenvalue weighted by Gasteiger charge is -2.28. The van der Waals surface area contributed by atoms with Gasteiger partial charge < -0.3 is 40.9 Å². The summed E-state index contributed by atoms with van der Waals surface area (Å²) >= 11 is 0. The molecule has 6 aromatic rings. The molecule has 1 unspecified atom stereocenters. The first-order valence-electron chi connectivity index (χ1n) is 18.9. The van der Waals surface area contributed by atoms with Crippen molar-refractivity contribution in [3.8, 4) is 11.5 Å². The molecule has 300 valence electrons. The van der Waals surface area contributed by atoms with Crippen molar-refractivity contribution in [1.29, 1.82) is 0 Å². The Morgan fingerprint density at radius 2 is 1.54 bits per heavy atom. The highest BCUT2D eigenvalue weighted by molar-refractivity contribution is 6.05. The molecule has 57 heavy (non-hydrogen) atoms. The number of ether oxygens (including phenoxy) is 2. The van der Waals surface area contributed by atoms with Crippen molar-refractivity contribution in [1.82, 2.24) is 38.7 Å². The van der Waals surface area contributed by atoms with Crippen LogP contribution in [0.3, 0.4) is 0 Å². The highest BCUT2D eigenvalue weighted by atomic mass is 16.5. The Hall–Kier alpha value is -6.31. The van der Waals surface area contributed by atoms with E-state index >= 15 is 0 Å². The lowest BCUT2D eigenvalue weighted by Crippen LogP contribution is -2.26. The van der Waals surface area contributed by atoms with Crippen LogP contribution in [0, 0.1) is 13.8 Å². The van der Waals surface area contributed by atoms with Crippen LogP contribution in [-0.2, 0) is 19.6 Å². The van der Waals surface area contributed by atoms with Gasteiger partial charge in [0.25, 0.3) is 11.8 Å². The molecule has 19 nitrogen and oxygen atoms in total. The third-order valence-corrected chi connectivity index (χ3v) is 9.85. The minimum atomic E-state index is -1.26. The third kappa shape index (κ3) is 7.63. The van der Waals surface area contributed by atoms with Gasteiger partial charge in [0.2, 0.25) is 17.8 Å². The third-order valence-electron chi connectivity index (χ3n) is 9.85. The van der Waals surface area contributed by atoms with Crippen LogP contribution >= 0.6 is 0 Å². The smallest absolute Gasteiger partial charge is 0.276 e. The summed E-state index contributed by atoms with van der Waals surface area (Å²) in [6.07, 6.45) is 0.358. The van der Waals surface area contributed by atoms with Gasteiger partial charge >= 0.3 is 0 Å². The molecule has 1 aliphatic rings. The number of amides is 3. The second kappa shape index (κ2) is 16.0. The number of carbonyl (C=O) groups is 3. The number of aliphatic hydroxyl groups excluding tert-OH is 1. The molecule has 4 aromatic heterocycles. The Morgan fingerprint density at radius 3 is 2.16 bits per heavy atom. The monoisotopic (exact) mass is 781 g/mol. The fourth-order valence-corrected chi connectivity index (χ4v) is 7.23. The zero-order chi connectivity index (χ0) is 40.5. The standard InChI is InChI=1S/C38H47N13O6/c1-5-49-27(13-20(3)46-49)35(54)44-37-42-25-15-22(33(40)52)17-29(56-12-8-10-39)31(25)48(37)11-7-9-24-19-57-30-18-23(34(41)53)16-26-32(30)51(24)38(43-26)45-36(55)28-14-21(4)47-50(28)6-2/h13-18,24,34,53H,5-12,19,39,41H2,1-4H3,(H2,40,52)(H,42,44,54)(H,43,45,55)/t24-,34?/m0/s1. The maximum atomic E-state index is 13.7. The fraction of sp³-hybridized carbons (Fsp3) is 0.395. The lowest BCUT2D eigenvalue weighted by molar-refractivity contribution is 0.0994. The first-order chi connectivity index (χ1) is 27.4. The van der Waals surface area contributed by atoms with Crippen LogP contribution in [0.25, 0.3) is 22.1 Å². The van der Waals surface area contributed by atoms with Gasteiger partial charge in [0.1, 0.15) is 46.8 Å². The van der Waals surface area contributed by atoms with Gasteiger partial charge in [0.05, 0.1) is 35.1 Å². The molecular formula is C38H47N13O6. The number of nitrogens with two attached hydrogens (primary N) is 3. The van der Waals surface area contributed by atoms with Crippen molar-refractivity contribution in [2.75, 3.05) is 30.4 Å². The van der Waals surface area contributed by atoms with Crippen molar-refractivity contribution in [2.45, 2.75) is 78.9 Å². The first-order valence-corrected chi connectivity index (χ1v) is 18.9. The molecule has 0 fully saturated rings. The molecule has 0 saturated heterocycles. The number of fused-ring (bicyclic) bond motifs is 1. The minimum absolute atomic E-state index is 0.201. The van der Waals surface area contributed by atoms with Crippen molar-refractivity contribution in [3.05, 3.63) is 70.3 Å². The second-order valence-corrected chi connectivity index (χ2v) is 13.9. The fourth-order valence-electron chi connectivity index (χ4n) is 7.23. The molecule has 2 aromatic carbocycles. The van der Waals surface area contributed by atoms with Gasteiger partial charge in [0.15, 0.2) is 0 Å². The number of nitrogens with zero attached hydrogens (tertiary/aromatic N) is 8. The number of primary amides is 1. The molecule has 2 atom stereocenters. The average Bonchev–Trinajstić information content (AvgIpc) is 3.95. The van der Waals surface area contributed by atoms with E-state index in [0.29, 0.717) is 113 Å². The number of nitrogens with one attached hydrogen (secondary N) is 2. The number of hydrogen-bond donors (Lipinski definition) is 6. The zero-order valence-electron chi connectivity index (χ0n) is 32.3. The van der Waals surface area contributed by atoms with E-state index in [4.69, 9.17) is 36.6 Å². The summed E-state index contributed by atoms with van der Waals surface area (Å²) < 4.78 is 19.4. The number of aromatic nitrogens is 8. The molecule has 1 aliphatic heterocycles. The number of hydrogen-bond acceptors (Lipinski definition) is 12. The van der Waals surface area contributed by atoms with Crippen molar-refractivity contribution in [2.24, 2.45) is 17.2 Å². The maximum absolute atomic E-state index is 13.7. The summed E-state index contributed by atoms with van der Waals surface area (Å²) in [5, 5.41) is 25.0. The van der Waals surface area contributed by atoms with E-state index in [2.05, 4.69) is 20.8 Å². The van der Waals surface area contributed by atoms with Gasteiger partial charge in [-0.1, -0.05) is 0 Å². The van der Waals surface area contributed by atoms with Crippen LogP contribution in [0.1, 0.15) is 93.7 Å². The SMILES string of the molecule is CCn1nc(C)cc1C(=O)Nc1nc2cc(C(N)=O)cc(OCCCN)c2n1CCC[C@H]1COc2cc(C(N)O)cc3nc(NC(=O)c4cc(C)nn4CC)n1c23. The Bertz CT molecular complexity index is 2490. The lowest BCUT2D eigenvalue weighted by atomic mass is 10.1. The summed E-state index contributed by atoms with van der Waals surface area (Å²) in [5.41, 5.74) is 22.2. The van der Waals surface area contributed by atoms with Gasteiger partial charge in [-0.3, -0.25) is 34.4 Å². The Morgan fingerprint density at radius 1 is 0.912 bits per heavy atom. The number of rotatable bonds is 16. The minimum Gasteiger partial charge on any atom is -0.491 e. The molecule has 5 heterocycles. The molecule has 0 spiro atoms. The molecule has 9 N–H and O–H groups in total. The average molecular weight is 782 g/mol. The number of benzene rings is 2. The quantitative estimate of drug-likeness (QED) is 0.0611. The summed E-state index contributed by atoms with van der Waals surface area (Å²) in [5.74, 6) is -0.0614. The number of carbonyl (C=O) groups excluding carboxylic acids is 3. The molecule has 0 radical (unpaired) electrons. The van der Waals surface area contributed by atoms with Crippen LogP contribution < -0.4 is 37.3 Å². The number of aryl methyl sites for hydroxylation is 5. The van der Waals surface area contributed by atoms with E-state index in [1.165, 1.54) is 0 Å². The largest absolute Gasteiger partial charge is 0.491 e. The van der Waals surface area contributed by atoms with Crippen LogP contribution in [0.4, 0.5) is 11.9 Å². The predicted octanol–water partition coefficient (Wildman–Crippen LogP) is 3.13.